The summed E-state index contributed by atoms with van der Waals surface area (Å²) in [4.78, 5) is 4.31. The molecule has 6 heteroatoms. The Balaban J connectivity index is 2.03. The quantitative estimate of drug-likeness (QED) is 0.622. The summed E-state index contributed by atoms with van der Waals surface area (Å²) in [6.07, 6.45) is 0.483. The number of benzene rings is 2. The van der Waals surface area contributed by atoms with Crippen molar-refractivity contribution in [3.05, 3.63) is 71.3 Å². The zero-order valence-electron chi connectivity index (χ0n) is 14.7. The molecule has 0 saturated carbocycles. The van der Waals surface area contributed by atoms with Gasteiger partial charge in [-0.2, -0.15) is 5.26 Å². The molecule has 0 bridgehead atoms. The van der Waals surface area contributed by atoms with Crippen molar-refractivity contribution in [3.63, 3.8) is 0 Å². The molecule has 0 radical (unpaired) electrons. The number of phenolic OH excluding ortho intramolecular Hbond substituents is 1. The Hall–Kier alpha value is -3.56. The summed E-state index contributed by atoms with van der Waals surface area (Å²) in [7, 11) is 0. The number of nitrogens with two attached hydrogens (primary N) is 2. The summed E-state index contributed by atoms with van der Waals surface area (Å²) in [5, 5.41) is 19.8. The van der Waals surface area contributed by atoms with E-state index in [9.17, 15) is 10.4 Å². The van der Waals surface area contributed by atoms with Gasteiger partial charge in [-0.25, -0.2) is 4.98 Å². The summed E-state index contributed by atoms with van der Waals surface area (Å²) < 4.78 is 5.92. The van der Waals surface area contributed by atoms with Gasteiger partial charge in [-0.05, 0) is 42.3 Å². The van der Waals surface area contributed by atoms with Crippen LogP contribution < -0.4 is 16.2 Å². The SMILES string of the molecule is N#Cc1c(CCN)cc(-c2c(O)cccc2OCc2ccccc2)nc1N. The molecular formula is C21H20N4O2. The summed E-state index contributed by atoms with van der Waals surface area (Å²) >= 11 is 0. The number of phenols is 1. The number of hydrogen-bond donors (Lipinski definition) is 3. The number of pyridine rings is 1. The molecule has 1 aromatic heterocycles. The Labute approximate surface area is 157 Å². The summed E-state index contributed by atoms with van der Waals surface area (Å²) in [6.45, 7) is 0.717. The van der Waals surface area contributed by atoms with E-state index in [1.165, 1.54) is 0 Å². The molecule has 0 saturated heterocycles. The lowest BCUT2D eigenvalue weighted by Gasteiger charge is -2.15. The molecule has 27 heavy (non-hydrogen) atoms. The van der Waals surface area contributed by atoms with Crippen molar-refractivity contribution < 1.29 is 9.84 Å². The Kier molecular flexibility index (Phi) is 5.55. The molecule has 3 aromatic rings. The smallest absolute Gasteiger partial charge is 0.142 e. The molecule has 0 aliphatic heterocycles. The first-order valence-electron chi connectivity index (χ1n) is 8.52. The normalized spacial score (nSPS) is 10.4. The molecule has 0 fully saturated rings. The van der Waals surface area contributed by atoms with E-state index in [0.717, 1.165) is 5.56 Å². The minimum absolute atomic E-state index is 0.0240. The molecule has 2 aromatic carbocycles. The number of nitriles is 1. The van der Waals surface area contributed by atoms with Gasteiger partial charge in [0.25, 0.3) is 0 Å². The number of aromatic hydroxyl groups is 1. The predicted octanol–water partition coefficient (Wildman–Crippen LogP) is 2.99. The highest BCUT2D eigenvalue weighted by Gasteiger charge is 2.17. The van der Waals surface area contributed by atoms with Gasteiger partial charge in [-0.15, -0.1) is 0 Å². The number of hydrogen-bond acceptors (Lipinski definition) is 6. The van der Waals surface area contributed by atoms with E-state index in [-0.39, 0.29) is 11.6 Å². The number of nitrogens with zero attached hydrogens (tertiary/aromatic N) is 2. The fourth-order valence-electron chi connectivity index (χ4n) is 2.86. The molecule has 0 atom stereocenters. The van der Waals surface area contributed by atoms with Gasteiger partial charge in [0.15, 0.2) is 0 Å². The van der Waals surface area contributed by atoms with Gasteiger partial charge < -0.3 is 21.3 Å². The third-order valence-corrected chi connectivity index (χ3v) is 4.15. The highest BCUT2D eigenvalue weighted by molar-refractivity contribution is 5.76. The van der Waals surface area contributed by atoms with Gasteiger partial charge in [0.2, 0.25) is 0 Å². The van der Waals surface area contributed by atoms with Crippen LogP contribution in [0.25, 0.3) is 11.3 Å². The van der Waals surface area contributed by atoms with Crippen LogP contribution >= 0.6 is 0 Å². The molecule has 5 N–H and O–H groups in total. The Morgan fingerprint density at radius 2 is 1.89 bits per heavy atom. The van der Waals surface area contributed by atoms with Crippen molar-refractivity contribution in [2.75, 3.05) is 12.3 Å². The van der Waals surface area contributed by atoms with Crippen LogP contribution in [0, 0.1) is 11.3 Å². The standard InChI is InChI=1S/C21H20N4O2/c22-10-9-15-11-17(25-21(24)16(15)12-23)20-18(26)7-4-8-19(20)27-13-14-5-2-1-3-6-14/h1-8,11,26H,9-10,13,22H2,(H2,24,25). The number of anilines is 1. The molecule has 0 aliphatic carbocycles. The zero-order valence-corrected chi connectivity index (χ0v) is 14.7. The Morgan fingerprint density at radius 1 is 1.11 bits per heavy atom. The molecule has 0 unspecified atom stereocenters. The van der Waals surface area contributed by atoms with E-state index >= 15 is 0 Å². The van der Waals surface area contributed by atoms with Crippen LogP contribution in [0.1, 0.15) is 16.7 Å². The summed E-state index contributed by atoms with van der Waals surface area (Å²) in [5.41, 5.74) is 14.5. The molecule has 6 nitrogen and oxygen atoms in total. The minimum atomic E-state index is 0.0240. The average Bonchev–Trinajstić information content (AvgIpc) is 2.67. The number of ether oxygens (including phenoxy) is 1. The molecule has 0 spiro atoms. The fourth-order valence-corrected chi connectivity index (χ4v) is 2.86. The maximum absolute atomic E-state index is 10.4. The van der Waals surface area contributed by atoms with Gasteiger partial charge in [0.05, 0.1) is 16.8 Å². The van der Waals surface area contributed by atoms with Gasteiger partial charge >= 0.3 is 0 Å². The van der Waals surface area contributed by atoms with Crippen LogP contribution in [0.4, 0.5) is 5.82 Å². The number of aromatic nitrogens is 1. The first-order valence-corrected chi connectivity index (χ1v) is 8.52. The summed E-state index contributed by atoms with van der Waals surface area (Å²) in [6, 6.07) is 18.5. The number of nitrogen functional groups attached to an aromatic ring is 1. The van der Waals surface area contributed by atoms with Crippen molar-refractivity contribution in [2.24, 2.45) is 5.73 Å². The van der Waals surface area contributed by atoms with Crippen molar-refractivity contribution in [3.8, 4) is 28.8 Å². The van der Waals surface area contributed by atoms with Crippen LogP contribution in [0.2, 0.25) is 0 Å². The lowest BCUT2D eigenvalue weighted by Crippen LogP contribution is -2.08. The van der Waals surface area contributed by atoms with Crippen molar-refractivity contribution in [2.45, 2.75) is 13.0 Å². The second-order valence-electron chi connectivity index (χ2n) is 6.00. The third-order valence-electron chi connectivity index (χ3n) is 4.15. The minimum Gasteiger partial charge on any atom is -0.507 e. The van der Waals surface area contributed by atoms with Gasteiger partial charge in [0, 0.05) is 0 Å². The van der Waals surface area contributed by atoms with E-state index in [4.69, 9.17) is 16.2 Å². The van der Waals surface area contributed by atoms with E-state index in [2.05, 4.69) is 11.1 Å². The summed E-state index contributed by atoms with van der Waals surface area (Å²) in [5.74, 6) is 0.612. The Morgan fingerprint density at radius 3 is 2.59 bits per heavy atom. The van der Waals surface area contributed by atoms with E-state index < -0.39 is 0 Å². The maximum atomic E-state index is 10.4. The molecule has 3 rings (SSSR count). The molecule has 0 aliphatic rings. The lowest BCUT2D eigenvalue weighted by molar-refractivity contribution is 0.306. The average molecular weight is 360 g/mol. The zero-order chi connectivity index (χ0) is 19.2. The van der Waals surface area contributed by atoms with Crippen LogP contribution in [0.5, 0.6) is 11.5 Å². The first kappa shape index (κ1) is 18.2. The van der Waals surface area contributed by atoms with Gasteiger partial charge in [-0.1, -0.05) is 36.4 Å². The molecule has 0 amide bonds. The highest BCUT2D eigenvalue weighted by atomic mass is 16.5. The van der Waals surface area contributed by atoms with Crippen molar-refractivity contribution in [1.82, 2.24) is 4.98 Å². The predicted molar refractivity (Wildman–Crippen MR) is 104 cm³/mol. The fraction of sp³-hybridized carbons (Fsp3) is 0.143. The van der Waals surface area contributed by atoms with E-state index in [1.54, 1.807) is 24.3 Å². The lowest BCUT2D eigenvalue weighted by atomic mass is 10.0. The maximum Gasteiger partial charge on any atom is 0.142 e. The van der Waals surface area contributed by atoms with Gasteiger partial charge in [-0.3, -0.25) is 0 Å². The van der Waals surface area contributed by atoms with Crippen LogP contribution in [-0.4, -0.2) is 16.6 Å². The highest BCUT2D eigenvalue weighted by Crippen LogP contribution is 2.38. The second kappa shape index (κ2) is 8.21. The monoisotopic (exact) mass is 360 g/mol. The molecule has 1 heterocycles. The van der Waals surface area contributed by atoms with Crippen LogP contribution in [-0.2, 0) is 13.0 Å². The second-order valence-corrected chi connectivity index (χ2v) is 6.00. The van der Waals surface area contributed by atoms with E-state index in [1.807, 2.05) is 30.3 Å². The third kappa shape index (κ3) is 4.00. The molecule has 136 valence electrons. The first-order chi connectivity index (χ1) is 13.1. The van der Waals surface area contributed by atoms with Crippen LogP contribution in [0.3, 0.4) is 0 Å². The van der Waals surface area contributed by atoms with Crippen molar-refractivity contribution >= 4 is 5.82 Å². The largest absolute Gasteiger partial charge is 0.507 e. The van der Waals surface area contributed by atoms with E-state index in [0.29, 0.717) is 47.7 Å². The number of rotatable bonds is 6. The van der Waals surface area contributed by atoms with Crippen molar-refractivity contribution in [1.29, 1.82) is 5.26 Å². The molecular weight excluding hydrogens is 340 g/mol. The Bertz CT molecular complexity index is 981. The van der Waals surface area contributed by atoms with Crippen LogP contribution in [0.15, 0.2) is 54.6 Å². The topological polar surface area (TPSA) is 118 Å². The van der Waals surface area contributed by atoms with Gasteiger partial charge in [0.1, 0.15) is 30.0 Å².